The Bertz CT molecular complexity index is 161. The zero-order chi connectivity index (χ0) is 9.26. The van der Waals surface area contributed by atoms with Gasteiger partial charge in [-0.1, -0.05) is 39.5 Å². The first-order valence-electron chi connectivity index (χ1n) is 6.25. The molecule has 4 atom stereocenters. The molecular formula is C13H24. The maximum atomic E-state index is 2.44. The van der Waals surface area contributed by atoms with Crippen molar-refractivity contribution in [1.29, 1.82) is 0 Å². The lowest BCUT2D eigenvalue weighted by atomic mass is 9.72. The largest absolute Gasteiger partial charge is 0.0625 e. The predicted molar refractivity (Wildman–Crippen MR) is 57.6 cm³/mol. The highest BCUT2D eigenvalue weighted by atomic mass is 14.3. The summed E-state index contributed by atoms with van der Waals surface area (Å²) in [6, 6.07) is 0. The second kappa shape index (κ2) is 4.02. The lowest BCUT2D eigenvalue weighted by Crippen LogP contribution is -2.23. The highest BCUT2D eigenvalue weighted by Crippen LogP contribution is 2.40. The van der Waals surface area contributed by atoms with E-state index in [-0.39, 0.29) is 0 Å². The first kappa shape index (κ1) is 9.55. The van der Waals surface area contributed by atoms with Crippen LogP contribution in [0.1, 0.15) is 58.8 Å². The third-order valence-corrected chi connectivity index (χ3v) is 4.55. The molecule has 0 heteroatoms. The Morgan fingerprint density at radius 1 is 0.923 bits per heavy atom. The van der Waals surface area contributed by atoms with Crippen LogP contribution in [0.25, 0.3) is 0 Å². The first-order chi connectivity index (χ1) is 6.25. The van der Waals surface area contributed by atoms with Gasteiger partial charge in [0.15, 0.2) is 0 Å². The molecule has 0 aromatic rings. The molecule has 0 aromatic heterocycles. The summed E-state index contributed by atoms with van der Waals surface area (Å²) in [7, 11) is 0. The fourth-order valence-electron chi connectivity index (χ4n) is 3.20. The molecule has 0 aliphatic heterocycles. The van der Waals surface area contributed by atoms with Crippen LogP contribution in [0.3, 0.4) is 0 Å². The van der Waals surface area contributed by atoms with Gasteiger partial charge in [-0.25, -0.2) is 0 Å². The van der Waals surface area contributed by atoms with E-state index in [0.717, 1.165) is 23.7 Å². The van der Waals surface area contributed by atoms with Crippen LogP contribution in [0, 0.1) is 23.7 Å². The van der Waals surface area contributed by atoms with Gasteiger partial charge in [0.25, 0.3) is 0 Å². The van der Waals surface area contributed by atoms with Crippen molar-refractivity contribution in [2.45, 2.75) is 58.8 Å². The van der Waals surface area contributed by atoms with Crippen LogP contribution in [0.2, 0.25) is 0 Å². The molecule has 0 spiro atoms. The Hall–Kier alpha value is 0. The molecule has 0 N–H and O–H groups in total. The molecule has 2 saturated carbocycles. The zero-order valence-corrected chi connectivity index (χ0v) is 9.26. The minimum Gasteiger partial charge on any atom is -0.0625 e. The Labute approximate surface area is 83.1 Å². The summed E-state index contributed by atoms with van der Waals surface area (Å²) in [6.07, 6.45) is 10.7. The summed E-state index contributed by atoms with van der Waals surface area (Å²) in [5, 5.41) is 0. The Kier molecular flexibility index (Phi) is 2.96. The van der Waals surface area contributed by atoms with E-state index in [1.54, 1.807) is 12.8 Å². The van der Waals surface area contributed by atoms with Crippen molar-refractivity contribution in [2.75, 3.05) is 0 Å². The molecule has 2 aliphatic carbocycles. The highest BCUT2D eigenvalue weighted by Gasteiger charge is 2.28. The van der Waals surface area contributed by atoms with E-state index in [2.05, 4.69) is 13.8 Å². The summed E-state index contributed by atoms with van der Waals surface area (Å²) in [4.78, 5) is 0. The molecule has 4 unspecified atom stereocenters. The molecule has 2 aliphatic rings. The zero-order valence-electron chi connectivity index (χ0n) is 9.26. The average molecular weight is 180 g/mol. The van der Waals surface area contributed by atoms with Crippen molar-refractivity contribution >= 4 is 0 Å². The van der Waals surface area contributed by atoms with Crippen LogP contribution in [0.15, 0.2) is 0 Å². The lowest BCUT2D eigenvalue weighted by Gasteiger charge is -2.34. The van der Waals surface area contributed by atoms with Gasteiger partial charge >= 0.3 is 0 Å². The molecular weight excluding hydrogens is 156 g/mol. The van der Waals surface area contributed by atoms with E-state index >= 15 is 0 Å². The maximum absolute atomic E-state index is 2.44. The fraction of sp³-hybridized carbons (Fsp3) is 1.00. The summed E-state index contributed by atoms with van der Waals surface area (Å²) < 4.78 is 0. The van der Waals surface area contributed by atoms with Crippen molar-refractivity contribution in [2.24, 2.45) is 23.7 Å². The second-order valence-electron chi connectivity index (χ2n) is 5.68. The Balaban J connectivity index is 1.62. The average Bonchev–Trinajstić information content (AvgIpc) is 2.49. The number of hydrogen-bond donors (Lipinski definition) is 0. The van der Waals surface area contributed by atoms with E-state index in [0.29, 0.717) is 0 Å². The van der Waals surface area contributed by atoms with E-state index in [1.165, 1.54) is 32.1 Å². The molecule has 0 bridgehead atoms. The van der Waals surface area contributed by atoms with Crippen molar-refractivity contribution in [3.05, 3.63) is 0 Å². The fourth-order valence-corrected chi connectivity index (χ4v) is 3.20. The molecule has 0 saturated heterocycles. The van der Waals surface area contributed by atoms with Crippen LogP contribution in [-0.2, 0) is 0 Å². The van der Waals surface area contributed by atoms with Crippen LogP contribution >= 0.6 is 0 Å². The SMILES string of the molecule is CC1CCC(CCC2CCC2C)C1. The lowest BCUT2D eigenvalue weighted by molar-refractivity contribution is 0.171. The van der Waals surface area contributed by atoms with E-state index in [1.807, 2.05) is 0 Å². The first-order valence-corrected chi connectivity index (χ1v) is 6.25. The van der Waals surface area contributed by atoms with Crippen molar-refractivity contribution < 1.29 is 0 Å². The summed E-state index contributed by atoms with van der Waals surface area (Å²) in [5.74, 6) is 4.29. The summed E-state index contributed by atoms with van der Waals surface area (Å²) in [5.41, 5.74) is 0. The molecule has 0 heterocycles. The van der Waals surface area contributed by atoms with Crippen molar-refractivity contribution in [3.63, 3.8) is 0 Å². The topological polar surface area (TPSA) is 0 Å². The maximum Gasteiger partial charge on any atom is -0.0388 e. The van der Waals surface area contributed by atoms with Gasteiger partial charge in [-0.05, 0) is 42.9 Å². The van der Waals surface area contributed by atoms with E-state index < -0.39 is 0 Å². The van der Waals surface area contributed by atoms with Gasteiger partial charge in [-0.2, -0.15) is 0 Å². The number of hydrogen-bond acceptors (Lipinski definition) is 0. The smallest absolute Gasteiger partial charge is 0.0388 e. The Morgan fingerprint density at radius 3 is 2.23 bits per heavy atom. The molecule has 0 radical (unpaired) electrons. The molecule has 2 fully saturated rings. The minimum absolute atomic E-state index is 1.03. The summed E-state index contributed by atoms with van der Waals surface area (Å²) >= 11 is 0. The van der Waals surface area contributed by atoms with Gasteiger partial charge in [-0.15, -0.1) is 0 Å². The molecule has 0 aromatic carbocycles. The molecule has 0 nitrogen and oxygen atoms in total. The van der Waals surface area contributed by atoms with E-state index in [4.69, 9.17) is 0 Å². The minimum atomic E-state index is 1.03. The van der Waals surface area contributed by atoms with Crippen LogP contribution < -0.4 is 0 Å². The Morgan fingerprint density at radius 2 is 1.77 bits per heavy atom. The van der Waals surface area contributed by atoms with Crippen LogP contribution in [-0.4, -0.2) is 0 Å². The standard InChI is InChI=1S/C13H24/c1-10-3-5-12(9-10)6-8-13-7-4-11(13)2/h10-13H,3-9H2,1-2H3. The highest BCUT2D eigenvalue weighted by molar-refractivity contribution is 4.80. The van der Waals surface area contributed by atoms with Crippen molar-refractivity contribution in [3.8, 4) is 0 Å². The van der Waals surface area contributed by atoms with Crippen LogP contribution in [0.5, 0.6) is 0 Å². The predicted octanol–water partition coefficient (Wildman–Crippen LogP) is 4.25. The third-order valence-electron chi connectivity index (χ3n) is 4.55. The van der Waals surface area contributed by atoms with Gasteiger partial charge in [0, 0.05) is 0 Å². The van der Waals surface area contributed by atoms with Gasteiger partial charge in [0.05, 0.1) is 0 Å². The van der Waals surface area contributed by atoms with E-state index in [9.17, 15) is 0 Å². The summed E-state index contributed by atoms with van der Waals surface area (Å²) in [6.45, 7) is 4.86. The quantitative estimate of drug-likeness (QED) is 0.609. The van der Waals surface area contributed by atoms with Gasteiger partial charge in [0.2, 0.25) is 0 Å². The third kappa shape index (κ3) is 2.27. The molecule has 13 heavy (non-hydrogen) atoms. The normalized spacial score (nSPS) is 44.8. The number of rotatable bonds is 3. The second-order valence-corrected chi connectivity index (χ2v) is 5.68. The molecule has 0 amide bonds. The molecule has 2 rings (SSSR count). The van der Waals surface area contributed by atoms with Crippen LogP contribution in [0.4, 0.5) is 0 Å². The molecule has 76 valence electrons. The van der Waals surface area contributed by atoms with Gasteiger partial charge in [0.1, 0.15) is 0 Å². The van der Waals surface area contributed by atoms with Gasteiger partial charge in [-0.3, -0.25) is 0 Å². The van der Waals surface area contributed by atoms with Gasteiger partial charge < -0.3 is 0 Å². The van der Waals surface area contributed by atoms with Crippen molar-refractivity contribution in [1.82, 2.24) is 0 Å². The monoisotopic (exact) mass is 180 g/mol.